The first-order valence-electron chi connectivity index (χ1n) is 6.22. The van der Waals surface area contributed by atoms with Crippen LogP contribution in [0.3, 0.4) is 0 Å². The number of rotatable bonds is 5. The molecule has 0 aromatic carbocycles. The van der Waals surface area contributed by atoms with Gasteiger partial charge in [-0.2, -0.15) is 0 Å². The zero-order valence-electron chi connectivity index (χ0n) is 11.7. The van der Waals surface area contributed by atoms with Gasteiger partial charge >= 0.3 is 0 Å². The molecular weight excluding hydrogens is 210 g/mol. The third-order valence-corrected chi connectivity index (χ3v) is 2.86. The molecule has 1 aromatic heterocycles. The number of aromatic nitrogens is 1. The van der Waals surface area contributed by atoms with Crippen LogP contribution in [0.2, 0.25) is 0 Å². The van der Waals surface area contributed by atoms with E-state index in [-0.39, 0.29) is 5.54 Å². The van der Waals surface area contributed by atoms with E-state index in [1.165, 1.54) is 5.56 Å². The molecule has 0 bridgehead atoms. The fraction of sp³-hybridized carbons (Fsp3) is 0.643. The molecule has 3 nitrogen and oxygen atoms in total. The molecular formula is C14H25N3. The third-order valence-electron chi connectivity index (χ3n) is 2.86. The Balaban J connectivity index is 2.40. The Hall–Kier alpha value is -0.930. The minimum Gasteiger partial charge on any atom is -0.311 e. The molecule has 0 spiro atoms. The molecule has 17 heavy (non-hydrogen) atoms. The van der Waals surface area contributed by atoms with Crippen molar-refractivity contribution in [2.24, 2.45) is 0 Å². The molecule has 1 N–H and O–H groups in total. The highest BCUT2D eigenvalue weighted by Crippen LogP contribution is 2.06. The first-order valence-corrected chi connectivity index (χ1v) is 6.22. The first kappa shape index (κ1) is 14.1. The van der Waals surface area contributed by atoms with Gasteiger partial charge in [0.05, 0.1) is 0 Å². The van der Waals surface area contributed by atoms with Gasteiger partial charge in [-0.1, -0.05) is 0 Å². The van der Waals surface area contributed by atoms with Crippen LogP contribution in [0.15, 0.2) is 24.5 Å². The minimum atomic E-state index is 0.186. The Labute approximate surface area is 105 Å². The van der Waals surface area contributed by atoms with Crippen LogP contribution in [0, 0.1) is 0 Å². The van der Waals surface area contributed by atoms with E-state index in [1.54, 1.807) is 0 Å². The van der Waals surface area contributed by atoms with Gasteiger partial charge < -0.3 is 5.32 Å². The molecule has 0 amide bonds. The summed E-state index contributed by atoms with van der Waals surface area (Å²) in [4.78, 5) is 6.39. The van der Waals surface area contributed by atoms with Crippen molar-refractivity contribution >= 4 is 0 Å². The predicted molar refractivity (Wildman–Crippen MR) is 72.9 cm³/mol. The average Bonchev–Trinajstić information content (AvgIpc) is 2.26. The summed E-state index contributed by atoms with van der Waals surface area (Å²) in [5.41, 5.74) is 1.50. The van der Waals surface area contributed by atoms with E-state index >= 15 is 0 Å². The van der Waals surface area contributed by atoms with Gasteiger partial charge in [-0.3, -0.25) is 9.88 Å². The van der Waals surface area contributed by atoms with E-state index < -0.39 is 0 Å². The van der Waals surface area contributed by atoms with Crippen molar-refractivity contribution in [3.8, 4) is 0 Å². The van der Waals surface area contributed by atoms with Crippen LogP contribution in [0.5, 0.6) is 0 Å². The number of likely N-dealkylation sites (N-methyl/N-ethyl adjacent to an activating group) is 1. The first-order chi connectivity index (χ1) is 7.88. The summed E-state index contributed by atoms with van der Waals surface area (Å²) in [5.74, 6) is 0. The number of hydrogen-bond acceptors (Lipinski definition) is 3. The summed E-state index contributed by atoms with van der Waals surface area (Å²) in [5, 5.41) is 3.53. The fourth-order valence-corrected chi connectivity index (χ4v) is 1.54. The van der Waals surface area contributed by atoms with E-state index in [4.69, 9.17) is 0 Å². The Morgan fingerprint density at radius 1 is 1.29 bits per heavy atom. The maximum absolute atomic E-state index is 4.04. The van der Waals surface area contributed by atoms with Crippen LogP contribution >= 0.6 is 0 Å². The Morgan fingerprint density at radius 3 is 2.41 bits per heavy atom. The molecule has 0 aliphatic heterocycles. The summed E-state index contributed by atoms with van der Waals surface area (Å²) < 4.78 is 0. The van der Waals surface area contributed by atoms with Crippen molar-refractivity contribution in [1.29, 1.82) is 0 Å². The standard InChI is InChI=1S/C14H25N3/c1-12(10-16-14(2,3)4)17(5)11-13-6-8-15-9-7-13/h6-9,12,16H,10-11H2,1-5H3. The van der Waals surface area contributed by atoms with Gasteiger partial charge in [0.1, 0.15) is 0 Å². The average molecular weight is 235 g/mol. The largest absolute Gasteiger partial charge is 0.311 e. The van der Waals surface area contributed by atoms with Gasteiger partial charge in [0.25, 0.3) is 0 Å². The summed E-state index contributed by atoms with van der Waals surface area (Å²) in [6.07, 6.45) is 3.70. The number of pyridine rings is 1. The second kappa shape index (κ2) is 6.12. The lowest BCUT2D eigenvalue weighted by molar-refractivity contribution is 0.228. The zero-order valence-corrected chi connectivity index (χ0v) is 11.7. The van der Waals surface area contributed by atoms with Gasteiger partial charge in [-0.25, -0.2) is 0 Å². The van der Waals surface area contributed by atoms with Crippen molar-refractivity contribution in [3.63, 3.8) is 0 Å². The summed E-state index contributed by atoms with van der Waals surface area (Å²) in [6, 6.07) is 4.66. The van der Waals surface area contributed by atoms with E-state index in [0.717, 1.165) is 13.1 Å². The van der Waals surface area contributed by atoms with Crippen molar-refractivity contribution in [2.45, 2.75) is 45.8 Å². The van der Waals surface area contributed by atoms with E-state index in [0.29, 0.717) is 6.04 Å². The lowest BCUT2D eigenvalue weighted by Gasteiger charge is -2.29. The van der Waals surface area contributed by atoms with Gasteiger partial charge in [0.2, 0.25) is 0 Å². The maximum Gasteiger partial charge on any atom is 0.0271 e. The van der Waals surface area contributed by atoms with Crippen LogP contribution in [-0.4, -0.2) is 35.1 Å². The molecule has 3 heteroatoms. The minimum absolute atomic E-state index is 0.186. The van der Waals surface area contributed by atoms with E-state index in [2.05, 4.69) is 62.1 Å². The second-order valence-electron chi connectivity index (χ2n) is 5.75. The quantitative estimate of drug-likeness (QED) is 0.848. The van der Waals surface area contributed by atoms with Crippen LogP contribution in [-0.2, 0) is 6.54 Å². The van der Waals surface area contributed by atoms with Crippen LogP contribution in [0.4, 0.5) is 0 Å². The van der Waals surface area contributed by atoms with Crippen molar-refractivity contribution < 1.29 is 0 Å². The molecule has 1 heterocycles. The molecule has 0 saturated heterocycles. The highest BCUT2D eigenvalue weighted by Gasteiger charge is 2.14. The lowest BCUT2D eigenvalue weighted by atomic mass is 10.1. The lowest BCUT2D eigenvalue weighted by Crippen LogP contribution is -2.44. The Kier molecular flexibility index (Phi) is 5.09. The Morgan fingerprint density at radius 2 is 1.88 bits per heavy atom. The molecule has 1 unspecified atom stereocenters. The molecule has 0 saturated carbocycles. The topological polar surface area (TPSA) is 28.2 Å². The molecule has 0 aliphatic rings. The monoisotopic (exact) mass is 235 g/mol. The molecule has 96 valence electrons. The predicted octanol–water partition coefficient (Wildman–Crippen LogP) is 2.29. The third kappa shape index (κ3) is 5.80. The molecule has 0 aliphatic carbocycles. The number of nitrogens with one attached hydrogen (secondary N) is 1. The smallest absolute Gasteiger partial charge is 0.0271 e. The number of nitrogens with zero attached hydrogens (tertiary/aromatic N) is 2. The second-order valence-corrected chi connectivity index (χ2v) is 5.75. The fourth-order valence-electron chi connectivity index (χ4n) is 1.54. The summed E-state index contributed by atoms with van der Waals surface area (Å²) >= 11 is 0. The van der Waals surface area contributed by atoms with Gasteiger partial charge in [0, 0.05) is 37.1 Å². The SMILES string of the molecule is CC(CNC(C)(C)C)N(C)Cc1ccncc1. The number of hydrogen-bond donors (Lipinski definition) is 1. The molecule has 0 fully saturated rings. The van der Waals surface area contributed by atoms with Crippen LogP contribution < -0.4 is 5.32 Å². The van der Waals surface area contributed by atoms with Crippen molar-refractivity contribution in [3.05, 3.63) is 30.1 Å². The van der Waals surface area contributed by atoms with Crippen molar-refractivity contribution in [1.82, 2.24) is 15.2 Å². The van der Waals surface area contributed by atoms with E-state index in [1.807, 2.05) is 12.4 Å². The normalized spacial score (nSPS) is 14.0. The van der Waals surface area contributed by atoms with E-state index in [9.17, 15) is 0 Å². The molecule has 1 aromatic rings. The molecule has 0 radical (unpaired) electrons. The Bertz CT molecular complexity index is 316. The molecule has 1 rings (SSSR count). The van der Waals surface area contributed by atoms with Gasteiger partial charge in [-0.05, 0) is 52.4 Å². The van der Waals surface area contributed by atoms with Gasteiger partial charge in [-0.15, -0.1) is 0 Å². The summed E-state index contributed by atoms with van der Waals surface area (Å²) in [7, 11) is 2.16. The summed E-state index contributed by atoms with van der Waals surface area (Å²) in [6.45, 7) is 10.8. The zero-order chi connectivity index (χ0) is 12.9. The highest BCUT2D eigenvalue weighted by molar-refractivity contribution is 5.09. The van der Waals surface area contributed by atoms with Crippen molar-refractivity contribution in [2.75, 3.05) is 13.6 Å². The van der Waals surface area contributed by atoms with Crippen LogP contribution in [0.1, 0.15) is 33.3 Å². The van der Waals surface area contributed by atoms with Gasteiger partial charge in [0.15, 0.2) is 0 Å². The maximum atomic E-state index is 4.04. The molecule has 1 atom stereocenters. The van der Waals surface area contributed by atoms with Crippen LogP contribution in [0.25, 0.3) is 0 Å². The highest BCUT2D eigenvalue weighted by atomic mass is 15.1.